The molecule has 0 bridgehead atoms. The van der Waals surface area contributed by atoms with Gasteiger partial charge in [-0.2, -0.15) is 0 Å². The van der Waals surface area contributed by atoms with Crippen LogP contribution in [0.25, 0.3) is 0 Å². The summed E-state index contributed by atoms with van der Waals surface area (Å²) in [5, 5.41) is 6.96. The normalized spacial score (nSPS) is 22.6. The summed E-state index contributed by atoms with van der Waals surface area (Å²) in [7, 11) is 0.798. The van der Waals surface area contributed by atoms with Crippen LogP contribution in [-0.2, 0) is 19.7 Å². The standard InChI is InChI=1S/C25H19Cl2FN2O2.C6H16OSi/c1-13-5-7-17(28)11-18(13)23-25(19-8-6-16(27)10-21(19)29-24(25)32)20(12-22(31)30-23)14-3-2-4-15(26)9-14;1-6(7-2)8(3,4)5/h2-11,20,23H,12H2,1H3,(H,29,32)(H,30,31);6H,1-5H3/t20-,23+,25-;/m0./s1. The number of anilines is 1. The fraction of sp³-hybridized carbons (Fsp3) is 0.355. The van der Waals surface area contributed by atoms with Crippen LogP contribution in [0.5, 0.6) is 0 Å². The Hall–Kier alpha value is -2.71. The van der Waals surface area contributed by atoms with Gasteiger partial charge < -0.3 is 15.4 Å². The first kappa shape index (κ1) is 30.3. The van der Waals surface area contributed by atoms with Gasteiger partial charge in [0.05, 0.1) is 14.1 Å². The summed E-state index contributed by atoms with van der Waals surface area (Å²) in [6.07, 6.45) is 0.0840. The van der Waals surface area contributed by atoms with Crippen molar-refractivity contribution in [3.63, 3.8) is 0 Å². The number of halogens is 3. The lowest BCUT2D eigenvalue weighted by molar-refractivity contribution is -0.131. The fourth-order valence-corrected chi connectivity index (χ4v) is 6.62. The maximum absolute atomic E-state index is 14.3. The van der Waals surface area contributed by atoms with Gasteiger partial charge >= 0.3 is 0 Å². The first-order chi connectivity index (χ1) is 18.8. The Morgan fingerprint density at radius 1 is 1.02 bits per heavy atom. The fourth-order valence-electron chi connectivity index (χ4n) is 5.55. The summed E-state index contributed by atoms with van der Waals surface area (Å²) in [5.74, 6) is -1.45. The Balaban J connectivity index is 0.000000406. The van der Waals surface area contributed by atoms with Crippen molar-refractivity contribution in [3.05, 3.63) is 98.8 Å². The van der Waals surface area contributed by atoms with E-state index in [4.69, 9.17) is 27.9 Å². The van der Waals surface area contributed by atoms with E-state index in [1.165, 1.54) is 12.1 Å². The molecule has 40 heavy (non-hydrogen) atoms. The predicted molar refractivity (Wildman–Crippen MR) is 162 cm³/mol. The molecule has 3 aromatic rings. The van der Waals surface area contributed by atoms with E-state index in [9.17, 15) is 14.0 Å². The van der Waals surface area contributed by atoms with Crippen LogP contribution in [0.15, 0.2) is 60.7 Å². The molecule has 212 valence electrons. The lowest BCUT2D eigenvalue weighted by Gasteiger charge is -2.46. The number of aryl methyl sites for hydroxylation is 1. The van der Waals surface area contributed by atoms with Crippen molar-refractivity contribution in [2.75, 3.05) is 12.4 Å². The smallest absolute Gasteiger partial charge is 0.238 e. The lowest BCUT2D eigenvalue weighted by Crippen LogP contribution is -2.57. The molecule has 5 nitrogen and oxygen atoms in total. The molecule has 2 amide bonds. The maximum atomic E-state index is 14.3. The van der Waals surface area contributed by atoms with E-state index in [-0.39, 0.29) is 18.2 Å². The van der Waals surface area contributed by atoms with E-state index in [2.05, 4.69) is 37.2 Å². The zero-order valence-electron chi connectivity index (χ0n) is 23.6. The Kier molecular flexibility index (Phi) is 8.81. The molecule has 0 aromatic heterocycles. The quantitative estimate of drug-likeness (QED) is 0.303. The van der Waals surface area contributed by atoms with Crippen molar-refractivity contribution < 1.29 is 18.7 Å². The minimum absolute atomic E-state index is 0.0840. The molecule has 1 unspecified atom stereocenters. The molecule has 0 saturated carbocycles. The van der Waals surface area contributed by atoms with Crippen LogP contribution in [-0.4, -0.2) is 32.7 Å². The van der Waals surface area contributed by atoms with Crippen LogP contribution in [0.4, 0.5) is 10.1 Å². The Bertz CT molecular complexity index is 1440. The molecule has 0 aliphatic carbocycles. The summed E-state index contributed by atoms with van der Waals surface area (Å²) >= 11 is 12.5. The van der Waals surface area contributed by atoms with E-state index in [0.29, 0.717) is 32.6 Å². The molecule has 3 aromatic carbocycles. The number of fused-ring (bicyclic) bond motifs is 2. The second-order valence-corrected chi connectivity index (χ2v) is 18.0. The molecule has 9 heteroatoms. The predicted octanol–water partition coefficient (Wildman–Crippen LogP) is 7.57. The van der Waals surface area contributed by atoms with Crippen molar-refractivity contribution in [3.8, 4) is 0 Å². The highest BCUT2D eigenvalue weighted by molar-refractivity contribution is 6.77. The molecule has 1 fully saturated rings. The first-order valence-corrected chi connectivity index (χ1v) is 17.6. The molecular weight excluding hydrogens is 566 g/mol. The SMILES string of the molecule is COC(C)[Si](C)(C)C.Cc1ccc(F)cc1[C@H]1NC(=O)C[C@@H](c2cccc(Cl)c2)[C@]12C(=O)Nc1cc(Cl)ccc12. The van der Waals surface area contributed by atoms with Crippen molar-refractivity contribution in [2.45, 2.75) is 63.0 Å². The van der Waals surface area contributed by atoms with Crippen molar-refractivity contribution in [2.24, 2.45) is 0 Å². The highest BCUT2D eigenvalue weighted by atomic mass is 35.5. The van der Waals surface area contributed by atoms with Gasteiger partial charge in [-0.05, 0) is 72.5 Å². The van der Waals surface area contributed by atoms with Gasteiger partial charge in [0.15, 0.2) is 0 Å². The third-order valence-corrected chi connectivity index (χ3v) is 11.3. The van der Waals surface area contributed by atoms with Gasteiger partial charge in [-0.3, -0.25) is 9.59 Å². The third-order valence-electron chi connectivity index (χ3n) is 8.13. The first-order valence-electron chi connectivity index (χ1n) is 13.2. The van der Waals surface area contributed by atoms with Gasteiger partial charge in [-0.1, -0.05) is 67.1 Å². The second-order valence-electron chi connectivity index (χ2n) is 11.6. The van der Waals surface area contributed by atoms with Crippen LogP contribution in [0.3, 0.4) is 0 Å². The lowest BCUT2D eigenvalue weighted by atomic mass is 9.59. The number of rotatable bonds is 4. The van der Waals surface area contributed by atoms with Crippen LogP contribution in [0.2, 0.25) is 29.7 Å². The van der Waals surface area contributed by atoms with Gasteiger partial charge in [-0.15, -0.1) is 0 Å². The molecule has 2 heterocycles. The molecule has 0 radical (unpaired) electrons. The summed E-state index contributed by atoms with van der Waals surface area (Å²) in [4.78, 5) is 26.8. The minimum atomic E-state index is -1.21. The van der Waals surface area contributed by atoms with E-state index >= 15 is 0 Å². The summed E-state index contributed by atoms with van der Waals surface area (Å²) < 4.78 is 19.5. The van der Waals surface area contributed by atoms with Crippen LogP contribution in [0.1, 0.15) is 47.6 Å². The van der Waals surface area contributed by atoms with Crippen LogP contribution < -0.4 is 10.6 Å². The van der Waals surface area contributed by atoms with Crippen molar-refractivity contribution in [1.82, 2.24) is 5.32 Å². The number of amides is 2. The molecule has 4 atom stereocenters. The molecule has 2 aliphatic rings. The molecule has 2 N–H and O–H groups in total. The maximum Gasteiger partial charge on any atom is 0.238 e. The van der Waals surface area contributed by atoms with Gasteiger partial charge in [0.1, 0.15) is 11.2 Å². The number of carbonyl (C=O) groups is 2. The number of piperidine rings is 1. The monoisotopic (exact) mass is 600 g/mol. The zero-order chi connectivity index (χ0) is 29.4. The number of nitrogens with one attached hydrogen (secondary N) is 2. The highest BCUT2D eigenvalue weighted by Crippen LogP contribution is 2.58. The van der Waals surface area contributed by atoms with Gasteiger partial charge in [0, 0.05) is 40.9 Å². The molecular formula is C31H35Cl2FN2O3Si. The highest BCUT2D eigenvalue weighted by Gasteiger charge is 2.61. The minimum Gasteiger partial charge on any atom is -0.385 e. The summed E-state index contributed by atoms with van der Waals surface area (Å²) in [6.45, 7) is 10.9. The molecule has 5 rings (SSSR count). The van der Waals surface area contributed by atoms with Crippen molar-refractivity contribution in [1.29, 1.82) is 0 Å². The average Bonchev–Trinajstić information content (AvgIpc) is 3.17. The number of hydrogen-bond acceptors (Lipinski definition) is 3. The van der Waals surface area contributed by atoms with E-state index in [1.54, 1.807) is 43.5 Å². The molecule has 1 saturated heterocycles. The number of benzene rings is 3. The molecule has 2 aliphatic heterocycles. The largest absolute Gasteiger partial charge is 0.385 e. The van der Waals surface area contributed by atoms with Crippen molar-refractivity contribution >= 4 is 48.8 Å². The van der Waals surface area contributed by atoms with Gasteiger partial charge in [-0.25, -0.2) is 4.39 Å². The zero-order valence-corrected chi connectivity index (χ0v) is 26.1. The summed E-state index contributed by atoms with van der Waals surface area (Å²) in [5.41, 5.74) is 2.68. The average molecular weight is 602 g/mol. The Morgan fingerprint density at radius 2 is 1.73 bits per heavy atom. The topological polar surface area (TPSA) is 67.4 Å². The van der Waals surface area contributed by atoms with E-state index in [1.807, 2.05) is 19.1 Å². The van der Waals surface area contributed by atoms with Crippen LogP contribution in [0, 0.1) is 12.7 Å². The Labute approximate surface area is 246 Å². The molecule has 1 spiro atoms. The van der Waals surface area contributed by atoms with E-state index in [0.717, 1.165) is 11.1 Å². The number of hydrogen-bond donors (Lipinski definition) is 2. The van der Waals surface area contributed by atoms with Gasteiger partial charge in [0.25, 0.3) is 0 Å². The van der Waals surface area contributed by atoms with E-state index < -0.39 is 31.3 Å². The second kappa shape index (κ2) is 11.6. The Morgan fingerprint density at radius 3 is 2.35 bits per heavy atom. The van der Waals surface area contributed by atoms with Gasteiger partial charge in [0.2, 0.25) is 11.8 Å². The number of carbonyl (C=O) groups excluding carboxylic acids is 2. The third kappa shape index (κ3) is 5.70. The number of ether oxygens (including phenoxy) is 1. The summed E-state index contributed by atoms with van der Waals surface area (Å²) in [6, 6.07) is 16.1. The van der Waals surface area contributed by atoms with Crippen LogP contribution >= 0.6 is 23.2 Å². The number of methoxy groups -OCH3 is 1.